The first kappa shape index (κ1) is 34.2. The van der Waals surface area contributed by atoms with Crippen LogP contribution in [0.25, 0.3) is 22.7 Å². The number of nitrogens with zero attached hydrogens (tertiary/aromatic N) is 3. The zero-order valence-corrected chi connectivity index (χ0v) is 23.1. The lowest BCUT2D eigenvalue weighted by atomic mass is 10.1. The van der Waals surface area contributed by atoms with Crippen molar-refractivity contribution in [1.82, 2.24) is 20.3 Å². The molecule has 0 spiro atoms. The highest BCUT2D eigenvalue weighted by Gasteiger charge is 2.86. The topological polar surface area (TPSA) is 116 Å². The van der Waals surface area contributed by atoms with Gasteiger partial charge in [0.05, 0.1) is 10.6 Å². The highest BCUT2D eigenvalue weighted by molar-refractivity contribution is 7.88. The highest BCUT2D eigenvalue weighted by atomic mass is 35.5. The summed E-state index contributed by atoms with van der Waals surface area (Å²) in [5.74, 6) is -18.9. The molecule has 1 amide bonds. The maximum atomic E-state index is 14.1. The van der Waals surface area contributed by atoms with E-state index in [4.69, 9.17) is 16.1 Å². The SMILES string of the molecule is Cn1nc(OS(=O)(=O)C(F)(F)C(F)(F)C(F)(F)C(F)(F)F)c(C(F)(F)F)c1-c1cc(-c2ccc(Cl)c(C(=O)NC3CC3)c2)on1. The molecule has 1 saturated carbocycles. The Morgan fingerprint density at radius 1 is 1.00 bits per heavy atom. The zero-order valence-electron chi connectivity index (χ0n) is 21.5. The second-order valence-electron chi connectivity index (χ2n) is 9.37. The molecule has 0 saturated heterocycles. The molecule has 1 fully saturated rings. The van der Waals surface area contributed by atoms with Crippen LogP contribution in [0, 0.1) is 0 Å². The molecule has 2 heterocycles. The lowest BCUT2D eigenvalue weighted by Crippen LogP contribution is -2.63. The molecule has 1 N–H and O–H groups in total. The van der Waals surface area contributed by atoms with Crippen LogP contribution in [0.2, 0.25) is 5.02 Å². The van der Waals surface area contributed by atoms with Gasteiger partial charge in [0.2, 0.25) is 0 Å². The average molecular weight is 709 g/mol. The molecule has 0 radical (unpaired) electrons. The molecule has 1 aromatic carbocycles. The van der Waals surface area contributed by atoms with E-state index in [0.29, 0.717) is 19.9 Å². The fraction of sp³-hybridized carbons (Fsp3) is 0.409. The molecule has 3 aromatic rings. The number of carbonyl (C=O) groups excluding carboxylic acids is 1. The molecular formula is C22H13ClF12N4O5S. The predicted molar refractivity (Wildman–Crippen MR) is 125 cm³/mol. The fourth-order valence-corrected chi connectivity index (χ4v) is 4.72. The summed E-state index contributed by atoms with van der Waals surface area (Å²) in [4.78, 5) is 12.4. The Hall–Kier alpha value is -3.69. The number of benzene rings is 1. The number of hydrogen-bond acceptors (Lipinski definition) is 7. The Bertz CT molecular complexity index is 1750. The van der Waals surface area contributed by atoms with Gasteiger partial charge in [-0.05, 0) is 31.0 Å². The molecule has 0 unspecified atom stereocenters. The van der Waals surface area contributed by atoms with Crippen LogP contribution in [-0.4, -0.2) is 58.6 Å². The van der Waals surface area contributed by atoms with Crippen LogP contribution in [0.1, 0.15) is 28.8 Å². The van der Waals surface area contributed by atoms with Crippen molar-refractivity contribution in [2.24, 2.45) is 7.05 Å². The minimum absolute atomic E-state index is 0.00124. The van der Waals surface area contributed by atoms with Crippen molar-refractivity contribution in [2.75, 3.05) is 0 Å². The number of aryl methyl sites for hydroxylation is 1. The first-order valence-corrected chi connectivity index (χ1v) is 13.5. The van der Waals surface area contributed by atoms with Gasteiger partial charge < -0.3 is 14.0 Å². The van der Waals surface area contributed by atoms with E-state index in [0.717, 1.165) is 6.07 Å². The van der Waals surface area contributed by atoms with E-state index in [2.05, 4.69) is 19.8 Å². The van der Waals surface area contributed by atoms with Crippen LogP contribution in [0.5, 0.6) is 5.88 Å². The van der Waals surface area contributed by atoms with E-state index in [-0.39, 0.29) is 32.6 Å². The Labute approximate surface area is 247 Å². The molecular weight excluding hydrogens is 696 g/mol. The average Bonchev–Trinajstić information content (AvgIpc) is 3.45. The number of aromatic nitrogens is 3. The Balaban J connectivity index is 1.75. The van der Waals surface area contributed by atoms with Crippen molar-refractivity contribution < 1.29 is 74.6 Å². The molecule has 1 aliphatic carbocycles. The molecule has 23 heteroatoms. The third-order valence-electron chi connectivity index (χ3n) is 6.08. The van der Waals surface area contributed by atoms with Gasteiger partial charge in [-0.3, -0.25) is 9.48 Å². The molecule has 0 atom stereocenters. The summed E-state index contributed by atoms with van der Waals surface area (Å²) >= 11 is 6.03. The van der Waals surface area contributed by atoms with Crippen molar-refractivity contribution in [3.05, 3.63) is 40.4 Å². The minimum atomic E-state index is -7.78. The number of halogens is 13. The van der Waals surface area contributed by atoms with E-state index in [1.165, 1.54) is 18.2 Å². The predicted octanol–water partition coefficient (Wildman–Crippen LogP) is 6.44. The maximum absolute atomic E-state index is 14.1. The van der Waals surface area contributed by atoms with E-state index >= 15 is 0 Å². The van der Waals surface area contributed by atoms with E-state index in [1.54, 1.807) is 0 Å². The smallest absolute Gasteiger partial charge is 0.356 e. The van der Waals surface area contributed by atoms with Gasteiger partial charge in [-0.1, -0.05) is 16.8 Å². The van der Waals surface area contributed by atoms with Crippen molar-refractivity contribution in [2.45, 2.75) is 48.3 Å². The summed E-state index contributed by atoms with van der Waals surface area (Å²) in [7, 11) is -7.16. The van der Waals surface area contributed by atoms with Crippen LogP contribution in [0.4, 0.5) is 52.7 Å². The summed E-state index contributed by atoms with van der Waals surface area (Å²) in [5.41, 5.74) is -4.68. The second kappa shape index (κ2) is 10.7. The van der Waals surface area contributed by atoms with E-state index in [9.17, 15) is 65.9 Å². The lowest BCUT2D eigenvalue weighted by molar-refractivity contribution is -0.382. The largest absolute Gasteiger partial charge is 0.460 e. The maximum Gasteiger partial charge on any atom is 0.460 e. The van der Waals surface area contributed by atoms with Crippen molar-refractivity contribution in [3.63, 3.8) is 0 Å². The van der Waals surface area contributed by atoms with Crippen LogP contribution < -0.4 is 9.50 Å². The van der Waals surface area contributed by atoms with Gasteiger partial charge in [-0.2, -0.15) is 61.1 Å². The molecule has 45 heavy (non-hydrogen) atoms. The summed E-state index contributed by atoms with van der Waals surface area (Å²) in [6.07, 6.45) is -11.8. The van der Waals surface area contributed by atoms with Crippen LogP contribution in [-0.2, 0) is 23.3 Å². The number of hydrogen-bond donors (Lipinski definition) is 1. The van der Waals surface area contributed by atoms with Gasteiger partial charge in [0, 0.05) is 24.7 Å². The van der Waals surface area contributed by atoms with Gasteiger partial charge >= 0.3 is 39.6 Å². The summed E-state index contributed by atoms with van der Waals surface area (Å²) in [5, 5.41) is 1.36. The number of alkyl halides is 12. The third-order valence-corrected chi connectivity index (χ3v) is 7.67. The Morgan fingerprint density at radius 3 is 2.13 bits per heavy atom. The van der Waals surface area contributed by atoms with Crippen LogP contribution in [0.15, 0.2) is 28.8 Å². The van der Waals surface area contributed by atoms with E-state index in [1.807, 2.05) is 0 Å². The fourth-order valence-electron chi connectivity index (χ4n) is 3.65. The molecule has 248 valence electrons. The number of amides is 1. The molecule has 1 aliphatic rings. The Morgan fingerprint density at radius 2 is 1.60 bits per heavy atom. The molecule has 0 aliphatic heterocycles. The number of rotatable bonds is 9. The number of carbonyl (C=O) groups is 1. The van der Waals surface area contributed by atoms with Gasteiger partial charge in [0.1, 0.15) is 17.0 Å². The van der Waals surface area contributed by atoms with Crippen molar-refractivity contribution >= 4 is 27.6 Å². The van der Waals surface area contributed by atoms with Crippen molar-refractivity contribution in [1.29, 1.82) is 0 Å². The normalized spacial score (nSPS) is 15.3. The Kier molecular flexibility index (Phi) is 8.13. The van der Waals surface area contributed by atoms with Gasteiger partial charge in [-0.25, -0.2) is 0 Å². The summed E-state index contributed by atoms with van der Waals surface area (Å²) in [6, 6.07) is 4.30. The summed E-state index contributed by atoms with van der Waals surface area (Å²) in [6.45, 7) is 0. The third kappa shape index (κ3) is 5.88. The standard InChI is InChI=1S/C22H13ClF12N4O5S/c1-39-15(12-7-13(43-38-12)8-2-5-11(23)10(6-8)16(40)36-9-3-4-9)14(18(24,25)26)17(37-39)44-45(41,42)22(34,35)20(29,30)19(27,28)21(31,32)33/h2,5-7,9H,3-4H2,1H3,(H,36,40). The first-order chi connectivity index (χ1) is 20.3. The quantitative estimate of drug-likeness (QED) is 0.201. The van der Waals surface area contributed by atoms with Gasteiger partial charge in [0.25, 0.3) is 11.8 Å². The first-order valence-electron chi connectivity index (χ1n) is 11.7. The molecule has 4 rings (SSSR count). The van der Waals surface area contributed by atoms with Gasteiger partial charge in [-0.15, -0.1) is 5.10 Å². The monoisotopic (exact) mass is 708 g/mol. The van der Waals surface area contributed by atoms with Crippen molar-refractivity contribution in [3.8, 4) is 28.6 Å². The highest BCUT2D eigenvalue weighted by Crippen LogP contribution is 2.55. The second-order valence-corrected chi connectivity index (χ2v) is 11.4. The van der Waals surface area contributed by atoms with E-state index < -0.39 is 68.3 Å². The zero-order chi connectivity index (χ0) is 34.1. The van der Waals surface area contributed by atoms with Crippen LogP contribution >= 0.6 is 11.6 Å². The van der Waals surface area contributed by atoms with Crippen LogP contribution in [0.3, 0.4) is 0 Å². The molecule has 2 aromatic heterocycles. The van der Waals surface area contributed by atoms with Gasteiger partial charge in [0.15, 0.2) is 5.76 Å². The minimum Gasteiger partial charge on any atom is -0.356 e. The molecule has 0 bridgehead atoms. The lowest BCUT2D eigenvalue weighted by Gasteiger charge is -2.32. The molecule has 9 nitrogen and oxygen atoms in total. The number of nitrogens with one attached hydrogen (secondary N) is 1. The summed E-state index contributed by atoms with van der Waals surface area (Å²) < 4.78 is 194.